The van der Waals surface area contributed by atoms with Gasteiger partial charge in [-0.1, -0.05) is 11.8 Å². The number of rotatable bonds is 5. The topological polar surface area (TPSA) is 123 Å². The number of aliphatic hydroxyl groups is 2. The fourth-order valence-corrected chi connectivity index (χ4v) is 1.89. The van der Waals surface area contributed by atoms with Crippen LogP contribution in [-0.2, 0) is 0 Å². The van der Waals surface area contributed by atoms with Crippen molar-refractivity contribution in [1.82, 2.24) is 24.5 Å². The number of nitrogens with two attached hydrogens (primary N) is 1. The summed E-state index contributed by atoms with van der Waals surface area (Å²) in [5, 5.41) is 18.4. The number of nitrogen functional groups attached to an aromatic ring is 1. The molecule has 18 heavy (non-hydrogen) atoms. The molecule has 0 spiro atoms. The third kappa shape index (κ3) is 3.15. The predicted octanol–water partition coefficient (Wildman–Crippen LogP) is -0.915. The highest BCUT2D eigenvalue weighted by molar-refractivity contribution is 7.99. The zero-order valence-corrected chi connectivity index (χ0v) is 10.2. The van der Waals surface area contributed by atoms with Crippen LogP contribution in [0.5, 0.6) is 0 Å². The molecule has 2 rings (SSSR count). The Bertz CT molecular complexity index is 506. The van der Waals surface area contributed by atoms with Crippen LogP contribution in [0.2, 0.25) is 0 Å². The number of nitrogens with zero attached hydrogens (tertiary/aromatic N) is 5. The lowest BCUT2D eigenvalue weighted by Crippen LogP contribution is -2.15. The van der Waals surface area contributed by atoms with E-state index in [2.05, 4.69) is 19.9 Å². The molecule has 4 N–H and O–H groups in total. The van der Waals surface area contributed by atoms with Crippen LogP contribution >= 0.6 is 11.8 Å². The number of hydrogen-bond acceptors (Lipinski definition) is 8. The summed E-state index contributed by atoms with van der Waals surface area (Å²) in [7, 11) is 0. The highest BCUT2D eigenvalue weighted by Gasteiger charge is 2.09. The average Bonchev–Trinajstić information content (AvgIpc) is 2.89. The Balaban J connectivity index is 2.17. The van der Waals surface area contributed by atoms with Crippen LogP contribution in [0, 0.1) is 0 Å². The second-order valence-electron chi connectivity index (χ2n) is 3.39. The van der Waals surface area contributed by atoms with E-state index in [1.807, 2.05) is 0 Å². The molecule has 1 atom stereocenters. The average molecular weight is 268 g/mol. The second-order valence-corrected chi connectivity index (χ2v) is 4.38. The molecular formula is C9H12N6O2S. The minimum Gasteiger partial charge on any atom is -0.394 e. The van der Waals surface area contributed by atoms with Gasteiger partial charge in [-0.25, -0.2) is 4.98 Å². The molecule has 96 valence electrons. The van der Waals surface area contributed by atoms with Crippen molar-refractivity contribution < 1.29 is 10.2 Å². The molecule has 2 aromatic rings. The molecule has 0 saturated heterocycles. The first-order chi connectivity index (χ1) is 8.69. The van der Waals surface area contributed by atoms with Gasteiger partial charge in [-0.2, -0.15) is 15.0 Å². The van der Waals surface area contributed by atoms with Gasteiger partial charge in [0.05, 0.1) is 12.7 Å². The van der Waals surface area contributed by atoms with Crippen molar-refractivity contribution in [2.45, 2.75) is 11.3 Å². The van der Waals surface area contributed by atoms with Gasteiger partial charge in [0.15, 0.2) is 5.16 Å². The quantitative estimate of drug-likeness (QED) is 0.595. The Morgan fingerprint density at radius 2 is 2.22 bits per heavy atom. The molecule has 0 amide bonds. The SMILES string of the molecule is Nc1nc(SCC(O)CO)nc(-n2ccnc2)n1. The summed E-state index contributed by atoms with van der Waals surface area (Å²) < 4.78 is 1.60. The van der Waals surface area contributed by atoms with Crippen LogP contribution in [0.15, 0.2) is 23.9 Å². The molecule has 8 nitrogen and oxygen atoms in total. The van der Waals surface area contributed by atoms with E-state index in [1.165, 1.54) is 11.8 Å². The van der Waals surface area contributed by atoms with E-state index in [9.17, 15) is 5.11 Å². The van der Waals surface area contributed by atoms with Gasteiger partial charge in [-0.15, -0.1) is 0 Å². The molecule has 2 heterocycles. The van der Waals surface area contributed by atoms with Crippen LogP contribution in [0.1, 0.15) is 0 Å². The largest absolute Gasteiger partial charge is 0.394 e. The van der Waals surface area contributed by atoms with E-state index in [-0.39, 0.29) is 18.3 Å². The molecule has 0 fully saturated rings. The van der Waals surface area contributed by atoms with Crippen molar-refractivity contribution in [3.63, 3.8) is 0 Å². The van der Waals surface area contributed by atoms with Gasteiger partial charge in [-0.05, 0) is 0 Å². The van der Waals surface area contributed by atoms with Crippen molar-refractivity contribution in [3.8, 4) is 5.95 Å². The van der Waals surface area contributed by atoms with Crippen LogP contribution in [-0.4, -0.2) is 53.2 Å². The van der Waals surface area contributed by atoms with Crippen molar-refractivity contribution in [3.05, 3.63) is 18.7 Å². The van der Waals surface area contributed by atoms with Gasteiger partial charge in [0, 0.05) is 18.1 Å². The van der Waals surface area contributed by atoms with Crippen LogP contribution < -0.4 is 5.73 Å². The Kier molecular flexibility index (Phi) is 4.07. The van der Waals surface area contributed by atoms with E-state index in [0.29, 0.717) is 11.1 Å². The first-order valence-electron chi connectivity index (χ1n) is 5.10. The van der Waals surface area contributed by atoms with Gasteiger partial charge in [0.2, 0.25) is 11.9 Å². The second kappa shape index (κ2) is 5.76. The summed E-state index contributed by atoms with van der Waals surface area (Å²) in [5.74, 6) is 0.735. The summed E-state index contributed by atoms with van der Waals surface area (Å²) >= 11 is 1.19. The van der Waals surface area contributed by atoms with Gasteiger partial charge >= 0.3 is 0 Å². The number of anilines is 1. The predicted molar refractivity (Wildman–Crippen MR) is 65.2 cm³/mol. The number of thioether (sulfide) groups is 1. The molecule has 2 aromatic heterocycles. The molecule has 0 aromatic carbocycles. The molecule has 0 aliphatic rings. The van der Waals surface area contributed by atoms with Gasteiger partial charge in [0.1, 0.15) is 6.33 Å². The lowest BCUT2D eigenvalue weighted by molar-refractivity contribution is 0.113. The number of hydrogen-bond donors (Lipinski definition) is 3. The lowest BCUT2D eigenvalue weighted by Gasteiger charge is -2.07. The first-order valence-corrected chi connectivity index (χ1v) is 6.09. The highest BCUT2D eigenvalue weighted by atomic mass is 32.2. The maximum atomic E-state index is 9.25. The molecule has 0 aliphatic carbocycles. The summed E-state index contributed by atoms with van der Waals surface area (Å²) in [4.78, 5) is 16.0. The lowest BCUT2D eigenvalue weighted by atomic mass is 10.4. The monoisotopic (exact) mass is 268 g/mol. The standard InChI is InChI=1S/C9H12N6O2S/c10-7-12-8(15-2-1-11-5-15)14-9(13-7)18-4-6(17)3-16/h1-2,5-6,16-17H,3-4H2,(H2,10,12,13,14). The third-order valence-corrected chi connectivity index (χ3v) is 2.96. The Morgan fingerprint density at radius 1 is 1.39 bits per heavy atom. The van der Waals surface area contributed by atoms with Gasteiger partial charge < -0.3 is 15.9 Å². The Hall–Kier alpha value is -1.71. The van der Waals surface area contributed by atoms with Crippen molar-refractivity contribution >= 4 is 17.7 Å². The third-order valence-electron chi connectivity index (χ3n) is 1.97. The fraction of sp³-hybridized carbons (Fsp3) is 0.333. The van der Waals surface area contributed by atoms with Crippen LogP contribution in [0.4, 0.5) is 5.95 Å². The molecule has 0 saturated carbocycles. The molecule has 0 bridgehead atoms. The summed E-state index contributed by atoms with van der Waals surface area (Å²) in [6, 6.07) is 0. The van der Waals surface area contributed by atoms with Crippen molar-refractivity contribution in [2.24, 2.45) is 0 Å². The van der Waals surface area contributed by atoms with Gasteiger partial charge in [0.25, 0.3) is 0 Å². The Labute approximate surface area is 107 Å². The number of imidazole rings is 1. The molecular weight excluding hydrogens is 256 g/mol. The fourth-order valence-electron chi connectivity index (χ4n) is 1.14. The van der Waals surface area contributed by atoms with Crippen molar-refractivity contribution in [1.29, 1.82) is 0 Å². The summed E-state index contributed by atoms with van der Waals surface area (Å²) in [5.41, 5.74) is 5.58. The van der Waals surface area contributed by atoms with E-state index < -0.39 is 6.10 Å². The maximum Gasteiger partial charge on any atom is 0.240 e. The minimum atomic E-state index is -0.815. The maximum absolute atomic E-state index is 9.25. The minimum absolute atomic E-state index is 0.0923. The zero-order chi connectivity index (χ0) is 13.0. The zero-order valence-electron chi connectivity index (χ0n) is 9.34. The molecule has 0 radical (unpaired) electrons. The summed E-state index contributed by atoms with van der Waals surface area (Å²) in [6.45, 7) is -0.304. The van der Waals surface area contributed by atoms with E-state index in [1.54, 1.807) is 23.3 Å². The van der Waals surface area contributed by atoms with E-state index >= 15 is 0 Å². The molecule has 9 heteroatoms. The molecule has 0 aliphatic heterocycles. The normalized spacial score (nSPS) is 12.6. The number of aliphatic hydroxyl groups excluding tert-OH is 2. The van der Waals surface area contributed by atoms with Crippen LogP contribution in [0.25, 0.3) is 5.95 Å². The molecule has 1 unspecified atom stereocenters. The van der Waals surface area contributed by atoms with Crippen molar-refractivity contribution in [2.75, 3.05) is 18.1 Å². The van der Waals surface area contributed by atoms with Crippen LogP contribution in [0.3, 0.4) is 0 Å². The van der Waals surface area contributed by atoms with Gasteiger partial charge in [-0.3, -0.25) is 4.57 Å². The highest BCUT2D eigenvalue weighted by Crippen LogP contribution is 2.16. The first kappa shape index (κ1) is 12.7. The van der Waals surface area contributed by atoms with E-state index in [4.69, 9.17) is 10.8 Å². The van der Waals surface area contributed by atoms with E-state index in [0.717, 1.165) is 0 Å². The number of aromatic nitrogens is 5. The summed E-state index contributed by atoms with van der Waals surface area (Å²) in [6.07, 6.45) is 4.02. The Morgan fingerprint density at radius 3 is 2.89 bits per heavy atom. The smallest absolute Gasteiger partial charge is 0.240 e.